The fourth-order valence-corrected chi connectivity index (χ4v) is 6.27. The van der Waals surface area contributed by atoms with Gasteiger partial charge in [-0.1, -0.05) is 18.1 Å². The molecule has 0 aromatic carbocycles. The summed E-state index contributed by atoms with van der Waals surface area (Å²) in [6.07, 6.45) is 7.62. The number of fused-ring (bicyclic) bond motifs is 2. The minimum atomic E-state index is -0.0875. The monoisotopic (exact) mass is 389 g/mol. The number of hydrogen-bond acceptors (Lipinski definition) is 5. The van der Waals surface area contributed by atoms with Gasteiger partial charge in [-0.15, -0.1) is 0 Å². The van der Waals surface area contributed by atoms with Crippen LogP contribution in [0.1, 0.15) is 65.7 Å². The number of hydrogen-bond donors (Lipinski definition) is 0. The van der Waals surface area contributed by atoms with Crippen molar-refractivity contribution in [1.29, 1.82) is 0 Å². The number of esters is 2. The number of rotatable bonds is 4. The molecule has 156 valence electrons. The molecule has 0 N–H and O–H groups in total. The third-order valence-corrected chi connectivity index (χ3v) is 7.76. The summed E-state index contributed by atoms with van der Waals surface area (Å²) in [6.45, 7) is 9.33. The van der Waals surface area contributed by atoms with Crippen LogP contribution in [0.15, 0.2) is 11.1 Å². The topological polar surface area (TPSA) is 55.8 Å². The number of allylic oxidation sites excluding steroid dienone is 2. The van der Waals surface area contributed by atoms with Gasteiger partial charge in [0, 0.05) is 19.0 Å². The number of ether oxygens (including phenoxy) is 2. The van der Waals surface area contributed by atoms with Crippen molar-refractivity contribution in [1.82, 2.24) is 4.90 Å². The zero-order chi connectivity index (χ0) is 19.9. The van der Waals surface area contributed by atoms with Crippen LogP contribution in [0.2, 0.25) is 0 Å². The highest BCUT2D eigenvalue weighted by Gasteiger charge is 2.53. The summed E-state index contributed by atoms with van der Waals surface area (Å²) in [5, 5.41) is 0. The zero-order valence-electron chi connectivity index (χ0n) is 17.7. The van der Waals surface area contributed by atoms with Gasteiger partial charge in [-0.05, 0) is 70.8 Å². The molecule has 4 aliphatic rings. The molecular weight excluding hydrogens is 354 g/mol. The van der Waals surface area contributed by atoms with Crippen molar-refractivity contribution in [2.24, 2.45) is 23.2 Å². The van der Waals surface area contributed by atoms with Gasteiger partial charge in [0.25, 0.3) is 0 Å². The van der Waals surface area contributed by atoms with Crippen molar-refractivity contribution < 1.29 is 19.1 Å². The highest BCUT2D eigenvalue weighted by atomic mass is 16.6. The minimum absolute atomic E-state index is 0.0197. The Morgan fingerprint density at radius 3 is 2.96 bits per heavy atom. The summed E-state index contributed by atoms with van der Waals surface area (Å²) < 4.78 is 11.1. The largest absolute Gasteiger partial charge is 0.466 e. The Labute approximate surface area is 168 Å². The van der Waals surface area contributed by atoms with E-state index in [0.717, 1.165) is 38.8 Å². The van der Waals surface area contributed by atoms with E-state index in [0.29, 0.717) is 19.1 Å². The van der Waals surface area contributed by atoms with Gasteiger partial charge in [0.1, 0.15) is 6.10 Å². The van der Waals surface area contributed by atoms with E-state index in [9.17, 15) is 9.59 Å². The third kappa shape index (κ3) is 3.62. The summed E-state index contributed by atoms with van der Waals surface area (Å²) in [6, 6.07) is 0. The molecule has 0 aromatic rings. The number of carbonyl (C=O) groups is 2. The van der Waals surface area contributed by atoms with Crippen LogP contribution in [0.3, 0.4) is 0 Å². The lowest BCUT2D eigenvalue weighted by Crippen LogP contribution is -2.45. The van der Waals surface area contributed by atoms with Crippen molar-refractivity contribution in [3.63, 3.8) is 0 Å². The standard InChI is InChI=1S/C23H35NO4/c1-4-27-21(25)16-8-6-10-24(13-16)14-18-17-11-19-15(2)7-5-9-23(19,3)12-20(17)28-22(18)26/h16-18,20H,4-14H2,1-3H3/t16-,17+,18+,20+,23+/m0/s1. The van der Waals surface area contributed by atoms with E-state index in [4.69, 9.17) is 9.47 Å². The van der Waals surface area contributed by atoms with E-state index >= 15 is 0 Å². The van der Waals surface area contributed by atoms with Gasteiger partial charge in [-0.2, -0.15) is 0 Å². The Balaban J connectivity index is 1.45. The number of nitrogens with zero attached hydrogens (tertiary/aromatic N) is 1. The van der Waals surface area contributed by atoms with Crippen molar-refractivity contribution in [3.05, 3.63) is 11.1 Å². The summed E-state index contributed by atoms with van der Waals surface area (Å²) in [5.41, 5.74) is 3.37. The van der Waals surface area contributed by atoms with Crippen LogP contribution in [0, 0.1) is 23.2 Å². The molecule has 4 rings (SSSR count). The maximum absolute atomic E-state index is 12.8. The molecule has 0 amide bonds. The second kappa shape index (κ2) is 7.81. The first-order valence-corrected chi connectivity index (χ1v) is 11.2. The Morgan fingerprint density at radius 2 is 2.18 bits per heavy atom. The second-order valence-corrected chi connectivity index (χ2v) is 9.68. The molecule has 2 heterocycles. The van der Waals surface area contributed by atoms with Crippen molar-refractivity contribution >= 4 is 11.9 Å². The molecule has 0 radical (unpaired) electrons. The van der Waals surface area contributed by atoms with Crippen LogP contribution in [0.25, 0.3) is 0 Å². The van der Waals surface area contributed by atoms with E-state index in [-0.39, 0.29) is 35.3 Å². The normalized spacial score (nSPS) is 38.6. The van der Waals surface area contributed by atoms with Crippen LogP contribution in [0.5, 0.6) is 0 Å². The molecular formula is C23H35NO4. The first kappa shape index (κ1) is 19.9. The Bertz CT molecular complexity index is 672. The summed E-state index contributed by atoms with van der Waals surface area (Å²) in [5.74, 6) is 0.0773. The molecule has 0 aromatic heterocycles. The van der Waals surface area contributed by atoms with Crippen molar-refractivity contribution in [2.75, 3.05) is 26.2 Å². The number of likely N-dealkylation sites (tertiary alicyclic amines) is 1. The van der Waals surface area contributed by atoms with E-state index in [1.165, 1.54) is 19.3 Å². The lowest BCUT2D eigenvalue weighted by Gasteiger charge is -2.46. The van der Waals surface area contributed by atoms with E-state index in [2.05, 4.69) is 18.7 Å². The predicted octanol–water partition coefficient (Wildman–Crippen LogP) is 3.72. The van der Waals surface area contributed by atoms with Gasteiger partial charge in [-0.25, -0.2) is 0 Å². The first-order valence-electron chi connectivity index (χ1n) is 11.2. The first-order chi connectivity index (χ1) is 13.4. The molecule has 0 unspecified atom stereocenters. The quantitative estimate of drug-likeness (QED) is 0.542. The number of piperidine rings is 1. The highest BCUT2D eigenvalue weighted by Crippen LogP contribution is 2.55. The van der Waals surface area contributed by atoms with Crippen molar-refractivity contribution in [3.8, 4) is 0 Å². The van der Waals surface area contributed by atoms with E-state index in [1.54, 1.807) is 11.1 Å². The fraction of sp³-hybridized carbons (Fsp3) is 0.826. The van der Waals surface area contributed by atoms with Crippen LogP contribution < -0.4 is 0 Å². The van der Waals surface area contributed by atoms with Gasteiger partial charge in [0.15, 0.2) is 0 Å². The molecule has 5 heteroatoms. The predicted molar refractivity (Wildman–Crippen MR) is 107 cm³/mol. The van der Waals surface area contributed by atoms with Crippen LogP contribution >= 0.6 is 0 Å². The van der Waals surface area contributed by atoms with Gasteiger partial charge in [-0.3, -0.25) is 9.59 Å². The molecule has 5 nitrogen and oxygen atoms in total. The van der Waals surface area contributed by atoms with Crippen molar-refractivity contribution in [2.45, 2.75) is 71.8 Å². The summed E-state index contributed by atoms with van der Waals surface area (Å²) in [7, 11) is 0. The number of carbonyl (C=O) groups excluding carboxylic acids is 2. The molecule has 0 spiro atoms. The Kier molecular flexibility index (Phi) is 5.56. The molecule has 28 heavy (non-hydrogen) atoms. The minimum Gasteiger partial charge on any atom is -0.466 e. The molecule has 1 saturated carbocycles. The molecule has 3 fully saturated rings. The van der Waals surface area contributed by atoms with Crippen LogP contribution in [-0.2, 0) is 19.1 Å². The Morgan fingerprint density at radius 1 is 1.36 bits per heavy atom. The zero-order valence-corrected chi connectivity index (χ0v) is 17.7. The second-order valence-electron chi connectivity index (χ2n) is 9.68. The lowest BCUT2D eigenvalue weighted by atomic mass is 9.59. The fourth-order valence-electron chi connectivity index (χ4n) is 6.27. The molecule has 5 atom stereocenters. The molecule has 2 aliphatic heterocycles. The SMILES string of the molecule is CCOC(=O)[C@H]1CCCN(C[C@H]2C(=O)O[C@@H]3C[C@@]4(C)CCCC(C)=C4C[C@@H]32)C1. The maximum Gasteiger partial charge on any atom is 0.310 e. The van der Waals surface area contributed by atoms with Gasteiger partial charge in [0.05, 0.1) is 18.4 Å². The maximum atomic E-state index is 12.8. The molecule has 0 bridgehead atoms. The summed E-state index contributed by atoms with van der Waals surface area (Å²) >= 11 is 0. The summed E-state index contributed by atoms with van der Waals surface area (Å²) in [4.78, 5) is 27.2. The van der Waals surface area contributed by atoms with Gasteiger partial charge < -0.3 is 14.4 Å². The van der Waals surface area contributed by atoms with E-state index < -0.39 is 0 Å². The van der Waals surface area contributed by atoms with Crippen LogP contribution in [0.4, 0.5) is 0 Å². The Hall–Kier alpha value is -1.36. The van der Waals surface area contributed by atoms with Gasteiger partial charge in [0.2, 0.25) is 0 Å². The van der Waals surface area contributed by atoms with E-state index in [1.807, 2.05) is 6.92 Å². The lowest BCUT2D eigenvalue weighted by molar-refractivity contribution is -0.150. The average Bonchev–Trinajstić information content (AvgIpc) is 2.94. The average molecular weight is 390 g/mol. The molecule has 2 saturated heterocycles. The van der Waals surface area contributed by atoms with Crippen LogP contribution in [-0.4, -0.2) is 49.2 Å². The van der Waals surface area contributed by atoms with Gasteiger partial charge >= 0.3 is 11.9 Å². The highest BCUT2D eigenvalue weighted by molar-refractivity contribution is 5.76. The third-order valence-electron chi connectivity index (χ3n) is 7.76. The smallest absolute Gasteiger partial charge is 0.310 e. The molecule has 2 aliphatic carbocycles.